The number of hydrogen-bond acceptors (Lipinski definition) is 7. The number of carbonyl (C=O) groups excluding carboxylic acids is 1. The Labute approximate surface area is 188 Å². The van der Waals surface area contributed by atoms with Crippen LogP contribution >= 0.6 is 0 Å². The molecule has 3 aromatic rings. The van der Waals surface area contributed by atoms with Gasteiger partial charge in [0.1, 0.15) is 17.2 Å². The van der Waals surface area contributed by atoms with Crippen LogP contribution in [0.1, 0.15) is 49.3 Å². The van der Waals surface area contributed by atoms with Crippen molar-refractivity contribution < 1.29 is 22.7 Å². The molecule has 170 valence electrons. The summed E-state index contributed by atoms with van der Waals surface area (Å²) in [7, 11) is -0.994. The molecule has 1 heterocycles. The molecule has 0 fully saturated rings. The molecule has 0 aliphatic heterocycles. The number of Topliss-reactive ketones (excluding diaryl/α,β-unsaturated/α-hetero) is 1. The van der Waals surface area contributed by atoms with E-state index in [4.69, 9.17) is 9.47 Å². The van der Waals surface area contributed by atoms with Crippen LogP contribution in [0, 0.1) is 6.92 Å². The van der Waals surface area contributed by atoms with Gasteiger partial charge in [-0.2, -0.15) is 0 Å². The van der Waals surface area contributed by atoms with E-state index in [1.54, 1.807) is 37.3 Å². The molecule has 0 saturated carbocycles. The zero-order chi connectivity index (χ0) is 23.8. The number of aromatic nitrogens is 3. The highest BCUT2D eigenvalue weighted by Gasteiger charge is 2.28. The number of methoxy groups -OCH3 is 2. The minimum atomic E-state index is -3.90. The molecule has 0 aliphatic carbocycles. The van der Waals surface area contributed by atoms with Crippen LogP contribution in [0.2, 0.25) is 0 Å². The maximum atomic E-state index is 13.3. The van der Waals surface area contributed by atoms with Crippen molar-refractivity contribution in [2.24, 2.45) is 0 Å². The summed E-state index contributed by atoms with van der Waals surface area (Å²) in [5.41, 5.74) is 1.99. The molecule has 0 bridgehead atoms. The lowest BCUT2D eigenvalue weighted by molar-refractivity contribution is 0.101. The molecule has 0 N–H and O–H groups in total. The zero-order valence-electron chi connectivity index (χ0n) is 19.3. The minimum Gasteiger partial charge on any atom is -0.496 e. The van der Waals surface area contributed by atoms with Crippen LogP contribution in [0.25, 0.3) is 5.69 Å². The summed E-state index contributed by atoms with van der Waals surface area (Å²) in [5, 5.41) is 7.87. The molecule has 2 aromatic carbocycles. The Morgan fingerprint density at radius 2 is 1.59 bits per heavy atom. The van der Waals surface area contributed by atoms with Gasteiger partial charge in [-0.05, 0) is 43.0 Å². The molecule has 8 nitrogen and oxygen atoms in total. The van der Waals surface area contributed by atoms with Gasteiger partial charge in [0.15, 0.2) is 5.78 Å². The molecule has 0 saturated heterocycles. The number of sulfone groups is 1. The molecular formula is C23H27N3O5S. The average Bonchev–Trinajstić information content (AvgIpc) is 3.14. The molecule has 0 atom stereocenters. The highest BCUT2D eigenvalue weighted by Crippen LogP contribution is 2.34. The number of ether oxygens (including phenoxy) is 2. The number of rotatable bonds is 6. The van der Waals surface area contributed by atoms with Gasteiger partial charge in [-0.1, -0.05) is 38.1 Å². The van der Waals surface area contributed by atoms with Crippen molar-refractivity contribution in [2.45, 2.75) is 50.0 Å². The fraction of sp³-hybridized carbons (Fsp3) is 0.348. The third-order valence-corrected chi connectivity index (χ3v) is 7.02. The summed E-state index contributed by atoms with van der Waals surface area (Å²) in [6.45, 7) is 9.22. The van der Waals surface area contributed by atoms with Crippen molar-refractivity contribution in [1.82, 2.24) is 15.0 Å². The fourth-order valence-electron chi connectivity index (χ4n) is 3.36. The smallest absolute Gasteiger partial charge is 0.227 e. The second-order valence-electron chi connectivity index (χ2n) is 8.45. The van der Waals surface area contributed by atoms with Gasteiger partial charge < -0.3 is 9.47 Å². The Morgan fingerprint density at radius 3 is 2.09 bits per heavy atom. The first-order valence-corrected chi connectivity index (χ1v) is 11.5. The highest BCUT2D eigenvalue weighted by molar-refractivity contribution is 7.91. The standard InChI is InChI=1S/C23H27N3O5S/c1-14-22(32(28,29)17-10-8-16(9-11-17)23(3,4)5)24-25-26(14)19-13-20(30-6)18(15(2)27)12-21(19)31-7/h8-13H,1-7H3. The Hall–Kier alpha value is -3.20. The molecule has 0 unspecified atom stereocenters. The van der Waals surface area contributed by atoms with E-state index in [0.717, 1.165) is 5.56 Å². The van der Waals surface area contributed by atoms with E-state index in [2.05, 4.69) is 31.1 Å². The predicted molar refractivity (Wildman–Crippen MR) is 120 cm³/mol. The molecule has 3 rings (SSSR count). The summed E-state index contributed by atoms with van der Waals surface area (Å²) in [6, 6.07) is 9.89. The van der Waals surface area contributed by atoms with Gasteiger partial charge in [-0.25, -0.2) is 13.1 Å². The summed E-state index contributed by atoms with van der Waals surface area (Å²) >= 11 is 0. The lowest BCUT2D eigenvalue weighted by Gasteiger charge is -2.19. The number of ketones is 1. The lowest BCUT2D eigenvalue weighted by Crippen LogP contribution is -2.12. The highest BCUT2D eigenvalue weighted by atomic mass is 32.2. The number of hydrogen-bond donors (Lipinski definition) is 0. The van der Waals surface area contributed by atoms with Gasteiger partial charge in [-0.15, -0.1) is 5.10 Å². The van der Waals surface area contributed by atoms with Crippen LogP contribution in [0.5, 0.6) is 11.5 Å². The number of benzene rings is 2. The quantitative estimate of drug-likeness (QED) is 0.517. The van der Waals surface area contributed by atoms with Crippen molar-refractivity contribution in [1.29, 1.82) is 0 Å². The van der Waals surface area contributed by atoms with Crippen molar-refractivity contribution in [3.63, 3.8) is 0 Å². The maximum absolute atomic E-state index is 13.3. The van der Waals surface area contributed by atoms with E-state index in [9.17, 15) is 13.2 Å². The Bertz CT molecular complexity index is 1270. The Morgan fingerprint density at radius 1 is 1.00 bits per heavy atom. The van der Waals surface area contributed by atoms with E-state index in [1.807, 2.05) is 0 Å². The van der Waals surface area contributed by atoms with E-state index >= 15 is 0 Å². The third kappa shape index (κ3) is 4.12. The van der Waals surface area contributed by atoms with E-state index in [0.29, 0.717) is 28.4 Å². The van der Waals surface area contributed by atoms with Gasteiger partial charge in [0, 0.05) is 6.07 Å². The van der Waals surface area contributed by atoms with Crippen LogP contribution in [-0.2, 0) is 15.3 Å². The van der Waals surface area contributed by atoms with Crippen molar-refractivity contribution in [3.05, 3.63) is 53.2 Å². The fourth-order valence-corrected chi connectivity index (χ4v) is 4.70. The monoisotopic (exact) mass is 457 g/mol. The van der Waals surface area contributed by atoms with Gasteiger partial charge in [0.2, 0.25) is 14.9 Å². The van der Waals surface area contributed by atoms with E-state index < -0.39 is 9.84 Å². The van der Waals surface area contributed by atoms with Gasteiger partial charge in [-0.3, -0.25) is 4.79 Å². The summed E-state index contributed by atoms with van der Waals surface area (Å²) in [6.07, 6.45) is 0. The largest absolute Gasteiger partial charge is 0.496 e. The van der Waals surface area contributed by atoms with Gasteiger partial charge in [0.25, 0.3) is 0 Å². The predicted octanol–water partition coefficient (Wildman–Crippen LogP) is 3.93. The van der Waals surface area contributed by atoms with Gasteiger partial charge >= 0.3 is 0 Å². The first kappa shape index (κ1) is 23.5. The molecule has 32 heavy (non-hydrogen) atoms. The molecule has 0 radical (unpaired) electrons. The summed E-state index contributed by atoms with van der Waals surface area (Å²) in [4.78, 5) is 12.1. The maximum Gasteiger partial charge on any atom is 0.227 e. The summed E-state index contributed by atoms with van der Waals surface area (Å²) in [5.74, 6) is 0.469. The minimum absolute atomic E-state index is 0.0943. The Kier molecular flexibility index (Phi) is 6.15. The van der Waals surface area contributed by atoms with Crippen LogP contribution in [0.15, 0.2) is 46.3 Å². The van der Waals surface area contributed by atoms with E-state index in [-0.39, 0.29) is 21.1 Å². The second kappa shape index (κ2) is 8.38. The van der Waals surface area contributed by atoms with Crippen LogP contribution in [0.4, 0.5) is 0 Å². The zero-order valence-corrected chi connectivity index (χ0v) is 20.1. The van der Waals surface area contributed by atoms with Crippen LogP contribution in [0.3, 0.4) is 0 Å². The second-order valence-corrected chi connectivity index (χ2v) is 10.3. The van der Waals surface area contributed by atoms with Crippen molar-refractivity contribution in [3.8, 4) is 17.2 Å². The first-order chi connectivity index (χ1) is 14.9. The Balaban J connectivity index is 2.11. The molecule has 0 aliphatic rings. The normalized spacial score (nSPS) is 12.0. The van der Waals surface area contributed by atoms with Crippen molar-refractivity contribution >= 4 is 15.6 Å². The molecular weight excluding hydrogens is 430 g/mol. The summed E-state index contributed by atoms with van der Waals surface area (Å²) < 4.78 is 38.7. The topological polar surface area (TPSA) is 100 Å². The van der Waals surface area contributed by atoms with Crippen LogP contribution in [-0.4, -0.2) is 43.4 Å². The molecule has 1 aromatic heterocycles. The van der Waals surface area contributed by atoms with E-state index in [1.165, 1.54) is 31.9 Å². The molecule has 9 heteroatoms. The SMILES string of the molecule is COc1cc(-n2nnc(S(=O)(=O)c3ccc(C(C)(C)C)cc3)c2C)c(OC)cc1C(C)=O. The van der Waals surface area contributed by atoms with Crippen molar-refractivity contribution in [2.75, 3.05) is 14.2 Å². The number of carbonyl (C=O) groups is 1. The van der Waals surface area contributed by atoms with Gasteiger partial charge in [0.05, 0.1) is 30.4 Å². The lowest BCUT2D eigenvalue weighted by atomic mass is 9.87. The molecule has 0 spiro atoms. The van der Waals surface area contributed by atoms with Crippen LogP contribution < -0.4 is 9.47 Å². The number of nitrogens with zero attached hydrogens (tertiary/aromatic N) is 3. The first-order valence-electron chi connectivity index (χ1n) is 9.97. The average molecular weight is 458 g/mol. The third-order valence-electron chi connectivity index (χ3n) is 5.25. The molecule has 0 amide bonds.